The van der Waals surface area contributed by atoms with Crippen LogP contribution in [-0.2, 0) is 16.1 Å². The Balaban J connectivity index is 2.27. The van der Waals surface area contributed by atoms with Gasteiger partial charge in [-0.2, -0.15) is 0 Å². The molecule has 0 spiro atoms. The molecule has 3 N–H and O–H groups in total. The van der Waals surface area contributed by atoms with Gasteiger partial charge in [0.25, 0.3) is 5.91 Å². The van der Waals surface area contributed by atoms with Crippen LogP contribution in [-0.4, -0.2) is 25.7 Å². The van der Waals surface area contributed by atoms with Crippen LogP contribution in [0, 0.1) is 0 Å². The minimum absolute atomic E-state index is 0.273. The third kappa shape index (κ3) is 4.28. The fraction of sp³-hybridized carbons (Fsp3) is 0.500. The van der Waals surface area contributed by atoms with Gasteiger partial charge in [0.05, 0.1) is 24.7 Å². The number of amides is 1. The Hall–Kier alpha value is -0.950. The summed E-state index contributed by atoms with van der Waals surface area (Å²) in [5.74, 6) is 4.76. The topological polar surface area (TPSA) is 73.6 Å². The van der Waals surface area contributed by atoms with Crippen LogP contribution in [0.5, 0.6) is 0 Å². The molecule has 0 radical (unpaired) electrons. The van der Waals surface area contributed by atoms with Crippen molar-refractivity contribution in [2.45, 2.75) is 13.5 Å². The van der Waals surface area contributed by atoms with E-state index in [9.17, 15) is 4.79 Å². The first-order valence-corrected chi connectivity index (χ1v) is 5.84. The van der Waals surface area contributed by atoms with Crippen molar-refractivity contribution in [1.29, 1.82) is 0 Å². The average Bonchev–Trinajstić information content (AvgIpc) is 2.76. The van der Waals surface area contributed by atoms with E-state index in [1.54, 1.807) is 6.07 Å². The van der Waals surface area contributed by atoms with E-state index in [1.807, 2.05) is 13.0 Å². The lowest BCUT2D eigenvalue weighted by Crippen LogP contribution is -2.29. The smallest absolute Gasteiger partial charge is 0.275 e. The van der Waals surface area contributed by atoms with Crippen molar-refractivity contribution in [2.24, 2.45) is 5.84 Å². The summed E-state index contributed by atoms with van der Waals surface area (Å²) in [6, 6.07) is 3.59. The van der Waals surface area contributed by atoms with E-state index in [1.165, 1.54) is 11.3 Å². The molecule has 0 aromatic carbocycles. The van der Waals surface area contributed by atoms with Crippen LogP contribution in [0.25, 0.3) is 0 Å². The Morgan fingerprint density at radius 2 is 2.19 bits per heavy atom. The molecule has 0 saturated carbocycles. The molecule has 1 rings (SSSR count). The maximum absolute atomic E-state index is 11.2. The van der Waals surface area contributed by atoms with Crippen LogP contribution in [0.3, 0.4) is 0 Å². The molecular formula is C10H16N2O3S. The first-order chi connectivity index (χ1) is 7.77. The van der Waals surface area contributed by atoms with Crippen molar-refractivity contribution in [3.8, 4) is 0 Å². The molecule has 90 valence electrons. The van der Waals surface area contributed by atoms with E-state index in [0.717, 1.165) is 4.88 Å². The predicted molar refractivity (Wildman–Crippen MR) is 62.1 cm³/mol. The van der Waals surface area contributed by atoms with Crippen LogP contribution in [0.4, 0.5) is 0 Å². The molecule has 1 aromatic rings. The van der Waals surface area contributed by atoms with Crippen LogP contribution < -0.4 is 11.3 Å². The minimum atomic E-state index is -0.273. The monoisotopic (exact) mass is 244 g/mol. The van der Waals surface area contributed by atoms with E-state index in [0.29, 0.717) is 31.3 Å². The lowest BCUT2D eigenvalue weighted by atomic mass is 10.4. The molecule has 5 nitrogen and oxygen atoms in total. The molecule has 1 aromatic heterocycles. The molecule has 0 aliphatic heterocycles. The number of nitrogens with two attached hydrogens (primary N) is 1. The van der Waals surface area contributed by atoms with Crippen molar-refractivity contribution in [2.75, 3.05) is 19.8 Å². The molecular weight excluding hydrogens is 228 g/mol. The van der Waals surface area contributed by atoms with E-state index in [-0.39, 0.29) is 5.91 Å². The van der Waals surface area contributed by atoms with Crippen molar-refractivity contribution in [3.05, 3.63) is 21.9 Å². The third-order valence-corrected chi connectivity index (χ3v) is 2.89. The van der Waals surface area contributed by atoms with Crippen LogP contribution in [0.2, 0.25) is 0 Å². The lowest BCUT2D eigenvalue weighted by Gasteiger charge is -2.02. The summed E-state index contributed by atoms with van der Waals surface area (Å²) in [4.78, 5) is 12.7. The summed E-state index contributed by atoms with van der Waals surface area (Å²) in [7, 11) is 0. The lowest BCUT2D eigenvalue weighted by molar-refractivity contribution is 0.0462. The first kappa shape index (κ1) is 13.1. The van der Waals surface area contributed by atoms with Crippen molar-refractivity contribution in [3.63, 3.8) is 0 Å². The molecule has 1 amide bonds. The molecule has 0 bridgehead atoms. The second kappa shape index (κ2) is 7.34. The van der Waals surface area contributed by atoms with Crippen LogP contribution in [0.15, 0.2) is 12.1 Å². The molecule has 6 heteroatoms. The van der Waals surface area contributed by atoms with Gasteiger partial charge in [-0.05, 0) is 19.1 Å². The Morgan fingerprint density at radius 1 is 1.44 bits per heavy atom. The minimum Gasteiger partial charge on any atom is -0.379 e. The van der Waals surface area contributed by atoms with Gasteiger partial charge in [-0.1, -0.05) is 0 Å². The van der Waals surface area contributed by atoms with Gasteiger partial charge in [0.15, 0.2) is 0 Å². The van der Waals surface area contributed by atoms with E-state index in [4.69, 9.17) is 15.3 Å². The number of hydrogen-bond donors (Lipinski definition) is 2. The van der Waals surface area contributed by atoms with E-state index < -0.39 is 0 Å². The average molecular weight is 244 g/mol. The van der Waals surface area contributed by atoms with Crippen LogP contribution in [0.1, 0.15) is 21.5 Å². The Labute approximate surface area is 98.5 Å². The molecule has 0 saturated heterocycles. The summed E-state index contributed by atoms with van der Waals surface area (Å²) >= 11 is 1.37. The van der Waals surface area contributed by atoms with Gasteiger partial charge in [-0.15, -0.1) is 11.3 Å². The first-order valence-electron chi connectivity index (χ1n) is 5.03. The molecule has 0 unspecified atom stereocenters. The molecule has 0 fully saturated rings. The van der Waals surface area contributed by atoms with Crippen molar-refractivity contribution in [1.82, 2.24) is 5.43 Å². The van der Waals surface area contributed by atoms with Gasteiger partial charge >= 0.3 is 0 Å². The largest absolute Gasteiger partial charge is 0.379 e. The zero-order chi connectivity index (χ0) is 11.8. The number of carbonyl (C=O) groups is 1. The zero-order valence-electron chi connectivity index (χ0n) is 9.19. The summed E-state index contributed by atoms with van der Waals surface area (Å²) in [5.41, 5.74) is 2.09. The van der Waals surface area contributed by atoms with Gasteiger partial charge in [-0.3, -0.25) is 10.2 Å². The highest BCUT2D eigenvalue weighted by Gasteiger charge is 2.07. The molecule has 1 heterocycles. The molecule has 0 atom stereocenters. The summed E-state index contributed by atoms with van der Waals surface area (Å²) < 4.78 is 10.5. The molecule has 16 heavy (non-hydrogen) atoms. The highest BCUT2D eigenvalue weighted by atomic mass is 32.1. The SMILES string of the molecule is CCOCCOCc1ccc(C(=O)NN)s1. The number of nitrogens with one attached hydrogen (secondary N) is 1. The number of nitrogen functional groups attached to an aromatic ring is 1. The maximum Gasteiger partial charge on any atom is 0.275 e. The standard InChI is InChI=1S/C10H16N2O3S/c1-2-14-5-6-15-7-8-3-4-9(16-8)10(13)12-11/h3-4H,2,5-7,11H2,1H3,(H,12,13). The number of rotatable bonds is 7. The molecule has 0 aliphatic rings. The normalized spacial score (nSPS) is 10.4. The highest BCUT2D eigenvalue weighted by molar-refractivity contribution is 7.14. The van der Waals surface area contributed by atoms with Crippen molar-refractivity contribution >= 4 is 17.2 Å². The number of ether oxygens (including phenoxy) is 2. The van der Waals surface area contributed by atoms with Crippen LogP contribution >= 0.6 is 11.3 Å². The number of carbonyl (C=O) groups excluding carboxylic acids is 1. The van der Waals surface area contributed by atoms with Gasteiger partial charge in [0, 0.05) is 11.5 Å². The van der Waals surface area contributed by atoms with Gasteiger partial charge in [-0.25, -0.2) is 5.84 Å². The Kier molecular flexibility index (Phi) is 6.02. The van der Waals surface area contributed by atoms with Gasteiger partial charge in [0.1, 0.15) is 0 Å². The quantitative estimate of drug-likeness (QED) is 0.323. The zero-order valence-corrected chi connectivity index (χ0v) is 10.0. The summed E-state index contributed by atoms with van der Waals surface area (Å²) in [6.45, 7) is 4.29. The van der Waals surface area contributed by atoms with E-state index in [2.05, 4.69) is 5.43 Å². The summed E-state index contributed by atoms with van der Waals surface area (Å²) in [5, 5.41) is 0. The predicted octanol–water partition coefficient (Wildman–Crippen LogP) is 0.905. The number of hydrazine groups is 1. The van der Waals surface area contributed by atoms with Gasteiger partial charge < -0.3 is 9.47 Å². The number of hydrogen-bond acceptors (Lipinski definition) is 5. The number of thiophene rings is 1. The molecule has 0 aliphatic carbocycles. The Bertz CT molecular complexity index is 328. The van der Waals surface area contributed by atoms with Crippen molar-refractivity contribution < 1.29 is 14.3 Å². The van der Waals surface area contributed by atoms with E-state index >= 15 is 0 Å². The third-order valence-electron chi connectivity index (χ3n) is 1.84. The fourth-order valence-electron chi connectivity index (χ4n) is 1.08. The fourth-order valence-corrected chi connectivity index (χ4v) is 1.93. The van der Waals surface area contributed by atoms with Gasteiger partial charge in [0.2, 0.25) is 0 Å². The second-order valence-corrected chi connectivity index (χ2v) is 4.16. The maximum atomic E-state index is 11.2. The summed E-state index contributed by atoms with van der Waals surface area (Å²) in [6.07, 6.45) is 0. The highest BCUT2D eigenvalue weighted by Crippen LogP contribution is 2.16. The second-order valence-electron chi connectivity index (χ2n) is 2.99. The Morgan fingerprint density at radius 3 is 2.88 bits per heavy atom.